The Kier molecular flexibility index (Phi) is 12.8. The predicted molar refractivity (Wildman–Crippen MR) is 135 cm³/mol. The lowest BCUT2D eigenvalue weighted by atomic mass is 10.1. The fourth-order valence-electron chi connectivity index (χ4n) is 3.33. The first-order chi connectivity index (χ1) is 17.7. The zero-order chi connectivity index (χ0) is 27.1. The van der Waals surface area contributed by atoms with E-state index in [-0.39, 0.29) is 45.2 Å². The molecule has 1 unspecified atom stereocenters. The Balaban J connectivity index is 1.89. The lowest BCUT2D eigenvalue weighted by molar-refractivity contribution is -0.149. The highest BCUT2D eigenvalue weighted by Gasteiger charge is 2.26. The number of urea groups is 1. The molecule has 0 spiro atoms. The Morgan fingerprint density at radius 2 is 1.68 bits per heavy atom. The number of hydrogen-bond donors (Lipinski definition) is 2. The molecule has 0 aliphatic rings. The van der Waals surface area contributed by atoms with Crippen LogP contribution in [0.5, 0.6) is 5.75 Å². The van der Waals surface area contributed by atoms with Crippen molar-refractivity contribution < 1.29 is 37.7 Å². The van der Waals surface area contributed by atoms with Gasteiger partial charge in [-0.15, -0.1) is 0 Å². The number of ether oxygens (including phenoxy) is 3. The van der Waals surface area contributed by atoms with Crippen LogP contribution in [-0.4, -0.2) is 73.6 Å². The monoisotopic (exact) mass is 522 g/mol. The van der Waals surface area contributed by atoms with Gasteiger partial charge in [-0.05, 0) is 30.2 Å². The van der Waals surface area contributed by atoms with Crippen molar-refractivity contribution in [2.45, 2.75) is 45.3 Å². The molecule has 2 N–H and O–H groups in total. The summed E-state index contributed by atoms with van der Waals surface area (Å²) in [7, 11) is 0. The summed E-state index contributed by atoms with van der Waals surface area (Å²) < 4.78 is 43.0. The Morgan fingerprint density at radius 3 is 2.30 bits per heavy atom. The normalized spacial score (nSPS) is 12.1. The summed E-state index contributed by atoms with van der Waals surface area (Å²) in [4.78, 5) is 25.5. The molecule has 0 aliphatic carbocycles. The van der Waals surface area contributed by atoms with E-state index >= 15 is 0 Å². The number of rotatable bonds is 17. The fourth-order valence-corrected chi connectivity index (χ4v) is 3.33. The second-order valence-corrected chi connectivity index (χ2v) is 8.37. The van der Waals surface area contributed by atoms with E-state index in [0.29, 0.717) is 18.9 Å². The Labute approximate surface area is 216 Å². The zero-order valence-electron chi connectivity index (χ0n) is 21.3. The van der Waals surface area contributed by atoms with Crippen molar-refractivity contribution in [1.29, 1.82) is 0 Å². The van der Waals surface area contributed by atoms with E-state index in [2.05, 4.69) is 5.32 Å². The Hall–Kier alpha value is -3.24. The molecule has 0 saturated heterocycles. The summed E-state index contributed by atoms with van der Waals surface area (Å²) in [6, 6.07) is 16.0. The van der Waals surface area contributed by atoms with Crippen molar-refractivity contribution in [2.24, 2.45) is 0 Å². The lowest BCUT2D eigenvalue weighted by Crippen LogP contribution is -2.43. The van der Waals surface area contributed by atoms with Gasteiger partial charge in [0.25, 0.3) is 5.92 Å². The Morgan fingerprint density at radius 1 is 1.00 bits per heavy atom. The topological polar surface area (TPSA) is 97.3 Å². The molecule has 10 heteroatoms. The van der Waals surface area contributed by atoms with E-state index in [1.165, 1.54) is 11.8 Å². The van der Waals surface area contributed by atoms with Crippen LogP contribution in [0.15, 0.2) is 54.6 Å². The third-order valence-electron chi connectivity index (χ3n) is 5.53. The molecule has 37 heavy (non-hydrogen) atoms. The van der Waals surface area contributed by atoms with Crippen LogP contribution in [0.4, 0.5) is 13.6 Å². The van der Waals surface area contributed by atoms with Gasteiger partial charge in [0.15, 0.2) is 6.10 Å². The van der Waals surface area contributed by atoms with Crippen molar-refractivity contribution in [1.82, 2.24) is 10.2 Å². The number of halogens is 2. The van der Waals surface area contributed by atoms with Gasteiger partial charge < -0.3 is 29.5 Å². The van der Waals surface area contributed by atoms with Crippen molar-refractivity contribution in [3.05, 3.63) is 65.7 Å². The highest BCUT2D eigenvalue weighted by atomic mass is 19.3. The molecule has 204 valence electrons. The van der Waals surface area contributed by atoms with E-state index in [1.54, 1.807) is 31.2 Å². The summed E-state index contributed by atoms with van der Waals surface area (Å²) in [5, 5.41) is 12.1. The third-order valence-corrected chi connectivity index (χ3v) is 5.53. The number of alkyl halides is 2. The first-order valence-electron chi connectivity index (χ1n) is 12.3. The van der Waals surface area contributed by atoms with Crippen LogP contribution < -0.4 is 10.1 Å². The van der Waals surface area contributed by atoms with Crippen LogP contribution in [0.1, 0.15) is 31.4 Å². The second-order valence-electron chi connectivity index (χ2n) is 8.37. The van der Waals surface area contributed by atoms with Crippen LogP contribution in [0.25, 0.3) is 0 Å². The molecule has 2 aromatic carbocycles. The van der Waals surface area contributed by atoms with Crippen molar-refractivity contribution in [3.63, 3.8) is 0 Å². The van der Waals surface area contributed by atoms with Crippen LogP contribution in [0.2, 0.25) is 0 Å². The number of aliphatic carboxylic acids is 1. The first kappa shape index (κ1) is 30.0. The molecule has 0 bridgehead atoms. The van der Waals surface area contributed by atoms with Gasteiger partial charge in [-0.25, -0.2) is 18.4 Å². The molecule has 0 aromatic heterocycles. The molecule has 0 heterocycles. The number of carboxylic acids is 1. The number of benzene rings is 2. The number of carbonyl (C=O) groups excluding carboxylic acids is 1. The molecule has 0 fully saturated rings. The molecule has 0 saturated carbocycles. The maximum absolute atomic E-state index is 13.4. The minimum atomic E-state index is -2.90. The molecular weight excluding hydrogens is 486 g/mol. The van der Waals surface area contributed by atoms with E-state index in [4.69, 9.17) is 14.2 Å². The zero-order valence-corrected chi connectivity index (χ0v) is 21.3. The standard InChI is InChI=1S/C27H36F2N2O6/c1-3-27(28,29)20-35-16-14-31(26(34)30-19-22-8-6-5-7-9-22)15-17-37-23-12-10-21(11-13-23)18-24(25(32)33)36-4-2/h5-13,24H,3-4,14-20H2,1-2H3,(H,30,34)(H,32,33). The minimum absolute atomic E-state index is 0.0341. The molecular formula is C27H36F2N2O6. The van der Waals surface area contributed by atoms with Gasteiger partial charge in [-0.3, -0.25) is 0 Å². The van der Waals surface area contributed by atoms with Crippen LogP contribution >= 0.6 is 0 Å². The third kappa shape index (κ3) is 11.6. The van der Waals surface area contributed by atoms with Crippen molar-refractivity contribution in [2.75, 3.05) is 39.5 Å². The number of amides is 2. The minimum Gasteiger partial charge on any atom is -0.492 e. The number of nitrogens with one attached hydrogen (secondary N) is 1. The Bertz CT molecular complexity index is 944. The SMILES string of the molecule is CCOC(Cc1ccc(OCCN(CCOCC(F)(F)CC)C(=O)NCc2ccccc2)cc1)C(=O)O. The van der Waals surface area contributed by atoms with Crippen molar-refractivity contribution >= 4 is 12.0 Å². The molecule has 2 rings (SSSR count). The summed E-state index contributed by atoms with van der Waals surface area (Å²) >= 11 is 0. The van der Waals surface area contributed by atoms with Gasteiger partial charge in [0.2, 0.25) is 0 Å². The molecule has 2 aromatic rings. The molecule has 8 nitrogen and oxygen atoms in total. The van der Waals surface area contributed by atoms with Crippen LogP contribution in [0, 0.1) is 0 Å². The van der Waals surface area contributed by atoms with E-state index < -0.39 is 24.6 Å². The van der Waals surface area contributed by atoms with Gasteiger partial charge in [0.05, 0.1) is 13.2 Å². The lowest BCUT2D eigenvalue weighted by Gasteiger charge is -2.24. The highest BCUT2D eigenvalue weighted by molar-refractivity contribution is 5.74. The van der Waals surface area contributed by atoms with Gasteiger partial charge in [0.1, 0.15) is 19.0 Å². The molecule has 1 atom stereocenters. The van der Waals surface area contributed by atoms with Gasteiger partial charge >= 0.3 is 12.0 Å². The number of nitrogens with zero attached hydrogens (tertiary/aromatic N) is 1. The smallest absolute Gasteiger partial charge is 0.333 e. The quantitative estimate of drug-likeness (QED) is 0.300. The van der Waals surface area contributed by atoms with Gasteiger partial charge in [-0.2, -0.15) is 0 Å². The maximum atomic E-state index is 13.4. The predicted octanol–water partition coefficient (Wildman–Crippen LogP) is 4.37. The van der Waals surface area contributed by atoms with Crippen LogP contribution in [-0.2, 0) is 27.2 Å². The summed E-state index contributed by atoms with van der Waals surface area (Å²) in [5.41, 5.74) is 1.72. The summed E-state index contributed by atoms with van der Waals surface area (Å²) in [6.07, 6.45) is -1.00. The fraction of sp³-hybridized carbons (Fsp3) is 0.481. The van der Waals surface area contributed by atoms with E-state index in [9.17, 15) is 23.5 Å². The number of carboxylic acid groups (broad SMARTS) is 1. The first-order valence-corrected chi connectivity index (χ1v) is 12.3. The highest BCUT2D eigenvalue weighted by Crippen LogP contribution is 2.18. The van der Waals surface area contributed by atoms with E-state index in [1.807, 2.05) is 30.3 Å². The van der Waals surface area contributed by atoms with Crippen molar-refractivity contribution in [3.8, 4) is 5.75 Å². The average Bonchev–Trinajstić information content (AvgIpc) is 2.89. The second kappa shape index (κ2) is 15.8. The number of carbonyl (C=O) groups is 2. The van der Waals surface area contributed by atoms with Gasteiger partial charge in [-0.1, -0.05) is 49.4 Å². The summed E-state index contributed by atoms with van der Waals surface area (Å²) in [5.74, 6) is -3.37. The van der Waals surface area contributed by atoms with E-state index in [0.717, 1.165) is 11.1 Å². The molecule has 0 radical (unpaired) electrons. The van der Waals surface area contributed by atoms with Gasteiger partial charge in [0, 0.05) is 32.5 Å². The van der Waals surface area contributed by atoms with Crippen LogP contribution in [0.3, 0.4) is 0 Å². The largest absolute Gasteiger partial charge is 0.492 e. The summed E-state index contributed by atoms with van der Waals surface area (Å²) in [6.45, 7) is 3.53. The maximum Gasteiger partial charge on any atom is 0.333 e. The number of hydrogen-bond acceptors (Lipinski definition) is 5. The molecule has 2 amide bonds. The molecule has 0 aliphatic heterocycles. The average molecular weight is 523 g/mol.